The molecule has 4 nitrogen and oxygen atoms in total. The van der Waals surface area contributed by atoms with Crippen LogP contribution in [0.5, 0.6) is 0 Å². The van der Waals surface area contributed by atoms with Crippen LogP contribution in [0.25, 0.3) is 0 Å². The Bertz CT molecular complexity index is 815. The molecule has 5 fully saturated rings. The zero-order chi connectivity index (χ0) is 24.2. The molecule has 0 amide bonds. The number of rotatable bonds is 2. The van der Waals surface area contributed by atoms with Crippen molar-refractivity contribution in [1.29, 1.82) is 0 Å². The standard InChI is InChI=1S/C28H48O4Si/c1-25(2,3)33(8,9)32-21-11-10-18-22-19(13-15-28(18,21)7)27(6)14-12-17(29)16-20(27)23-24(22)31-26(4,5)30-23/h18-24H,10-16H2,1-9H3/t18?,19?,20?,21?,22?,23?,24?,27-,28+/m1/s1. The number of hydrogen-bond donors (Lipinski definition) is 0. The number of hydrogen-bond acceptors (Lipinski definition) is 4. The second kappa shape index (κ2) is 7.40. The van der Waals surface area contributed by atoms with Gasteiger partial charge in [0, 0.05) is 18.8 Å². The van der Waals surface area contributed by atoms with E-state index >= 15 is 0 Å². The smallest absolute Gasteiger partial charge is 0.192 e. The lowest BCUT2D eigenvalue weighted by Crippen LogP contribution is -2.63. The topological polar surface area (TPSA) is 44.8 Å². The third-order valence-corrected chi connectivity index (χ3v) is 16.0. The van der Waals surface area contributed by atoms with Crippen molar-refractivity contribution in [3.8, 4) is 0 Å². The molecule has 1 heterocycles. The largest absolute Gasteiger partial charge is 0.413 e. The number of Topliss-reactive ketones (excluding diaryl/α,β-unsaturated/α-hetero) is 1. The van der Waals surface area contributed by atoms with E-state index in [0.717, 1.165) is 12.8 Å². The van der Waals surface area contributed by atoms with Crippen LogP contribution in [0.4, 0.5) is 0 Å². The Kier molecular flexibility index (Phi) is 5.48. The third-order valence-electron chi connectivity index (χ3n) is 11.5. The average Bonchev–Trinajstić information content (AvgIpc) is 3.18. The van der Waals surface area contributed by atoms with Gasteiger partial charge in [-0.25, -0.2) is 0 Å². The van der Waals surface area contributed by atoms with Crippen LogP contribution in [-0.2, 0) is 18.7 Å². The minimum atomic E-state index is -1.83. The van der Waals surface area contributed by atoms with Crippen molar-refractivity contribution in [3.63, 3.8) is 0 Å². The molecule has 0 radical (unpaired) electrons. The molecule has 33 heavy (non-hydrogen) atoms. The molecular weight excluding hydrogens is 428 g/mol. The van der Waals surface area contributed by atoms with E-state index in [1.165, 1.54) is 25.7 Å². The first-order chi connectivity index (χ1) is 15.1. The third kappa shape index (κ3) is 3.57. The Morgan fingerprint density at radius 2 is 1.52 bits per heavy atom. The van der Waals surface area contributed by atoms with Crippen LogP contribution in [0.3, 0.4) is 0 Å². The summed E-state index contributed by atoms with van der Waals surface area (Å²) in [6.45, 7) is 21.1. The van der Waals surface area contributed by atoms with Crippen LogP contribution in [0.1, 0.15) is 93.4 Å². The van der Waals surface area contributed by atoms with Crippen molar-refractivity contribution in [2.45, 2.75) is 136 Å². The molecule has 5 heteroatoms. The molecule has 4 aliphatic carbocycles. The SMILES string of the molecule is CC1(C)OC2C(O1)C1CC(=O)CC[C@]1(C)C1CC[C@]3(C)C(O[Si](C)(C)C(C)(C)C)CCC3C21. The summed E-state index contributed by atoms with van der Waals surface area (Å²) < 4.78 is 20.5. The van der Waals surface area contributed by atoms with E-state index < -0.39 is 14.1 Å². The highest BCUT2D eigenvalue weighted by atomic mass is 28.4. The predicted octanol–water partition coefficient (Wildman–Crippen LogP) is 6.73. The fourth-order valence-electron chi connectivity index (χ4n) is 8.65. The van der Waals surface area contributed by atoms with Crippen molar-refractivity contribution in [1.82, 2.24) is 0 Å². The second-order valence-corrected chi connectivity index (χ2v) is 19.5. The van der Waals surface area contributed by atoms with Crippen LogP contribution in [0, 0.1) is 34.5 Å². The highest BCUT2D eigenvalue weighted by Gasteiger charge is 2.69. The molecule has 0 spiro atoms. The zero-order valence-corrected chi connectivity index (χ0v) is 23.6. The molecule has 0 aromatic heterocycles. The summed E-state index contributed by atoms with van der Waals surface area (Å²) >= 11 is 0. The highest BCUT2D eigenvalue weighted by molar-refractivity contribution is 6.74. The summed E-state index contributed by atoms with van der Waals surface area (Å²) in [6, 6.07) is 0. The summed E-state index contributed by atoms with van der Waals surface area (Å²) in [7, 11) is -1.83. The van der Waals surface area contributed by atoms with E-state index in [4.69, 9.17) is 13.9 Å². The van der Waals surface area contributed by atoms with Crippen LogP contribution in [0.15, 0.2) is 0 Å². The van der Waals surface area contributed by atoms with E-state index in [0.29, 0.717) is 42.0 Å². The first-order valence-electron chi connectivity index (χ1n) is 13.6. The van der Waals surface area contributed by atoms with Gasteiger partial charge >= 0.3 is 0 Å². The Morgan fingerprint density at radius 3 is 2.18 bits per heavy atom. The zero-order valence-electron chi connectivity index (χ0n) is 22.6. The van der Waals surface area contributed by atoms with Crippen LogP contribution in [0.2, 0.25) is 18.1 Å². The molecule has 0 bridgehead atoms. The summed E-state index contributed by atoms with van der Waals surface area (Å²) in [4.78, 5) is 12.6. The number of carbonyl (C=O) groups is 1. The van der Waals surface area contributed by atoms with Crippen LogP contribution < -0.4 is 0 Å². The molecule has 0 N–H and O–H groups in total. The fourth-order valence-corrected chi connectivity index (χ4v) is 10.1. The lowest BCUT2D eigenvalue weighted by Gasteiger charge is -2.62. The maximum absolute atomic E-state index is 12.6. The number of carbonyl (C=O) groups excluding carboxylic acids is 1. The van der Waals surface area contributed by atoms with Crippen molar-refractivity contribution in [2.24, 2.45) is 34.5 Å². The van der Waals surface area contributed by atoms with Gasteiger partial charge in [0.25, 0.3) is 0 Å². The van der Waals surface area contributed by atoms with Crippen molar-refractivity contribution < 1.29 is 18.7 Å². The second-order valence-electron chi connectivity index (χ2n) is 14.7. The quantitative estimate of drug-likeness (QED) is 0.415. The number of ketones is 1. The maximum atomic E-state index is 12.6. The predicted molar refractivity (Wildman–Crippen MR) is 133 cm³/mol. The molecule has 1 saturated heterocycles. The van der Waals surface area contributed by atoms with Crippen LogP contribution >= 0.6 is 0 Å². The molecule has 5 aliphatic rings. The molecule has 4 saturated carbocycles. The van der Waals surface area contributed by atoms with Gasteiger partial charge in [-0.3, -0.25) is 4.79 Å². The lowest BCUT2D eigenvalue weighted by atomic mass is 9.44. The Morgan fingerprint density at radius 1 is 0.879 bits per heavy atom. The van der Waals surface area contributed by atoms with Gasteiger partial charge in [0.2, 0.25) is 0 Å². The lowest BCUT2D eigenvalue weighted by molar-refractivity contribution is -0.184. The summed E-state index contributed by atoms with van der Waals surface area (Å²) in [5.41, 5.74) is 0.397. The fraction of sp³-hybridized carbons (Fsp3) is 0.964. The molecule has 188 valence electrons. The number of fused-ring (bicyclic) bond motifs is 8. The summed E-state index contributed by atoms with van der Waals surface area (Å²) in [5.74, 6) is 1.92. The molecule has 5 rings (SSSR count). The van der Waals surface area contributed by atoms with E-state index in [9.17, 15) is 4.79 Å². The van der Waals surface area contributed by atoms with Crippen molar-refractivity contribution in [2.75, 3.05) is 0 Å². The van der Waals surface area contributed by atoms with E-state index in [2.05, 4.69) is 61.6 Å². The molecule has 7 unspecified atom stereocenters. The normalized spacial score (nSPS) is 49.2. The Balaban J connectivity index is 1.49. The van der Waals surface area contributed by atoms with E-state index in [1.54, 1.807) is 0 Å². The minimum Gasteiger partial charge on any atom is -0.413 e. The molecule has 9 atom stereocenters. The Hall–Kier alpha value is -0.233. The minimum absolute atomic E-state index is 0.0539. The van der Waals surface area contributed by atoms with E-state index in [-0.39, 0.29) is 28.1 Å². The van der Waals surface area contributed by atoms with Gasteiger partial charge in [-0.1, -0.05) is 34.6 Å². The maximum Gasteiger partial charge on any atom is 0.192 e. The molecule has 1 aliphatic heterocycles. The van der Waals surface area contributed by atoms with Gasteiger partial charge in [-0.05, 0) is 92.7 Å². The number of ether oxygens (including phenoxy) is 2. The van der Waals surface area contributed by atoms with Gasteiger partial charge in [0.05, 0.1) is 18.3 Å². The van der Waals surface area contributed by atoms with Gasteiger partial charge in [0.15, 0.2) is 14.1 Å². The van der Waals surface area contributed by atoms with E-state index in [1.807, 2.05) is 0 Å². The Labute approximate surface area is 203 Å². The molecular formula is C28H48O4Si. The summed E-state index contributed by atoms with van der Waals surface area (Å²) in [6.07, 6.45) is 7.88. The highest BCUT2D eigenvalue weighted by Crippen LogP contribution is 2.68. The molecule has 0 aromatic rings. The first kappa shape index (κ1) is 24.5. The van der Waals surface area contributed by atoms with Gasteiger partial charge in [-0.2, -0.15) is 0 Å². The van der Waals surface area contributed by atoms with Gasteiger partial charge < -0.3 is 13.9 Å². The van der Waals surface area contributed by atoms with Gasteiger partial charge in [0.1, 0.15) is 5.78 Å². The summed E-state index contributed by atoms with van der Waals surface area (Å²) in [5, 5.41) is 0.232. The van der Waals surface area contributed by atoms with Crippen LogP contribution in [-0.4, -0.2) is 38.2 Å². The average molecular weight is 477 g/mol. The van der Waals surface area contributed by atoms with Crippen molar-refractivity contribution in [3.05, 3.63) is 0 Å². The van der Waals surface area contributed by atoms with Crippen molar-refractivity contribution >= 4 is 14.1 Å². The van der Waals surface area contributed by atoms with Gasteiger partial charge in [-0.15, -0.1) is 0 Å². The first-order valence-corrected chi connectivity index (χ1v) is 16.6. The monoisotopic (exact) mass is 476 g/mol. The molecule has 0 aromatic carbocycles.